The first-order valence-electron chi connectivity index (χ1n) is 6.56. The number of piperidine rings is 1. The Hall–Kier alpha value is 0.610. The van der Waals surface area contributed by atoms with Crippen LogP contribution in [0.3, 0.4) is 0 Å². The molecular weight excluding hydrogens is 324 g/mol. The second-order valence-corrected chi connectivity index (χ2v) is 10.2. The summed E-state index contributed by atoms with van der Waals surface area (Å²) < 4.78 is 23.4. The lowest BCUT2D eigenvalue weighted by Gasteiger charge is -2.45. The molecule has 1 heterocycles. The Morgan fingerprint density at radius 1 is 1.20 bits per heavy atom. The smallest absolute Gasteiger partial charge is 0.324 e. The van der Waals surface area contributed by atoms with Crippen molar-refractivity contribution in [3.63, 3.8) is 0 Å². The van der Waals surface area contributed by atoms with Crippen molar-refractivity contribution in [2.75, 3.05) is 25.9 Å². The zero-order valence-electron chi connectivity index (χ0n) is 11.5. The first-order valence-corrected chi connectivity index (χ1v) is 10.6. The number of quaternary nitrogens is 1. The largest absolute Gasteiger partial charge is 0.340 e. The molecule has 1 fully saturated rings. The molecule has 0 spiro atoms. The van der Waals surface area contributed by atoms with E-state index in [0.29, 0.717) is 10.2 Å². The summed E-state index contributed by atoms with van der Waals surface area (Å²) in [5.74, 6) is 0.628. The highest BCUT2D eigenvalue weighted by molar-refractivity contribution is 7.80. The Kier molecular flexibility index (Phi) is 6.34. The molecule has 0 bridgehead atoms. The van der Waals surface area contributed by atoms with E-state index in [0.717, 1.165) is 32.4 Å². The van der Waals surface area contributed by atoms with Gasteiger partial charge in [-0.1, -0.05) is 0 Å². The van der Waals surface area contributed by atoms with Crippen molar-refractivity contribution in [1.29, 1.82) is 0 Å². The number of likely N-dealkylation sites (tertiary alicyclic amines) is 1. The van der Waals surface area contributed by atoms with Crippen molar-refractivity contribution in [1.82, 2.24) is 0 Å². The minimum Gasteiger partial charge on any atom is -0.324 e. The highest BCUT2D eigenvalue weighted by Gasteiger charge is 2.48. The Morgan fingerprint density at radius 3 is 2.20 bits per heavy atom. The van der Waals surface area contributed by atoms with Crippen molar-refractivity contribution < 1.29 is 33.2 Å². The van der Waals surface area contributed by atoms with Crippen LogP contribution in [0.15, 0.2) is 0 Å². The first-order chi connectivity index (χ1) is 9.00. The van der Waals surface area contributed by atoms with Gasteiger partial charge in [0.05, 0.1) is 26.2 Å². The molecule has 0 aromatic rings. The molecule has 4 N–H and O–H groups in total. The number of nitrogens with zero attached hydrogens (tertiary/aromatic N) is 1. The lowest BCUT2D eigenvalue weighted by atomic mass is 9.97. The van der Waals surface area contributed by atoms with E-state index in [2.05, 4.69) is 12.6 Å². The Balaban J connectivity index is 2.96. The number of hydrogen-bond donors (Lipinski definition) is 5. The van der Waals surface area contributed by atoms with Crippen LogP contribution in [0, 0.1) is 0 Å². The molecule has 10 heteroatoms. The van der Waals surface area contributed by atoms with Crippen LogP contribution in [0.2, 0.25) is 0 Å². The molecule has 0 radical (unpaired) electrons. The molecule has 1 aliphatic rings. The van der Waals surface area contributed by atoms with Gasteiger partial charge in [-0.3, -0.25) is 9.13 Å². The van der Waals surface area contributed by atoms with E-state index in [-0.39, 0.29) is 12.5 Å². The van der Waals surface area contributed by atoms with Crippen LogP contribution in [0.4, 0.5) is 0 Å². The normalized spacial score (nSPS) is 28.9. The van der Waals surface area contributed by atoms with Gasteiger partial charge in [0.2, 0.25) is 0 Å². The maximum atomic E-state index is 11.4. The summed E-state index contributed by atoms with van der Waals surface area (Å²) in [5.41, 5.74) is 0. The number of rotatable bonds is 6. The van der Waals surface area contributed by atoms with Gasteiger partial charge in [0.1, 0.15) is 0 Å². The zero-order chi connectivity index (χ0) is 15.6. The molecule has 7 nitrogen and oxygen atoms in total. The van der Waals surface area contributed by atoms with Gasteiger partial charge in [0.15, 0.2) is 5.40 Å². The van der Waals surface area contributed by atoms with Gasteiger partial charge in [0, 0.05) is 12.2 Å². The molecule has 120 valence electrons. The van der Waals surface area contributed by atoms with Crippen LogP contribution in [0.1, 0.15) is 25.7 Å². The fraction of sp³-hybridized carbons (Fsp3) is 1.00. The maximum Gasteiger partial charge on any atom is 0.340 e. The topological polar surface area (TPSA) is 115 Å². The molecule has 0 amide bonds. The fourth-order valence-electron chi connectivity index (χ4n) is 2.96. The van der Waals surface area contributed by atoms with Crippen molar-refractivity contribution >= 4 is 27.8 Å². The summed E-state index contributed by atoms with van der Waals surface area (Å²) in [6.07, 6.45) is 2.50. The van der Waals surface area contributed by atoms with Crippen LogP contribution in [0.25, 0.3) is 0 Å². The summed E-state index contributed by atoms with van der Waals surface area (Å²) in [6, 6.07) is -0.152. The summed E-state index contributed by atoms with van der Waals surface area (Å²) in [7, 11) is -7.69. The summed E-state index contributed by atoms with van der Waals surface area (Å²) in [4.78, 5) is 37.0. The van der Waals surface area contributed by atoms with E-state index in [1.165, 1.54) is 0 Å². The predicted octanol–water partition coefficient (Wildman–Crippen LogP) is 0.987. The van der Waals surface area contributed by atoms with Gasteiger partial charge < -0.3 is 24.1 Å². The van der Waals surface area contributed by atoms with Crippen LogP contribution >= 0.6 is 27.8 Å². The van der Waals surface area contributed by atoms with Crippen LogP contribution < -0.4 is 0 Å². The van der Waals surface area contributed by atoms with Crippen molar-refractivity contribution in [3.8, 4) is 0 Å². The average Bonchev–Trinajstić information content (AvgIpc) is 2.24. The molecule has 0 aliphatic carbocycles. The maximum absolute atomic E-state index is 11.4. The third-order valence-corrected chi connectivity index (χ3v) is 8.19. The van der Waals surface area contributed by atoms with Gasteiger partial charge in [0.25, 0.3) is 0 Å². The number of hydrogen-bond acceptors (Lipinski definition) is 3. The Labute approximate surface area is 124 Å². The lowest BCUT2D eigenvalue weighted by Crippen LogP contribution is -2.56. The van der Waals surface area contributed by atoms with Crippen LogP contribution in [-0.2, 0) is 9.13 Å². The fourth-order valence-corrected chi connectivity index (χ4v) is 6.02. The molecular formula is C10H24NO6P2S+. The van der Waals surface area contributed by atoms with Crippen molar-refractivity contribution in [3.05, 3.63) is 0 Å². The first kappa shape index (κ1) is 18.7. The summed E-state index contributed by atoms with van der Waals surface area (Å²) in [6.45, 7) is 1.57. The monoisotopic (exact) mass is 348 g/mol. The minimum absolute atomic E-state index is 0.152. The van der Waals surface area contributed by atoms with Gasteiger partial charge >= 0.3 is 15.2 Å². The molecule has 0 aromatic heterocycles. The lowest BCUT2D eigenvalue weighted by molar-refractivity contribution is -0.936. The van der Waals surface area contributed by atoms with Gasteiger partial charge in [-0.2, -0.15) is 12.6 Å². The third kappa shape index (κ3) is 4.82. The van der Waals surface area contributed by atoms with Crippen LogP contribution in [0.5, 0.6) is 0 Å². The highest BCUT2D eigenvalue weighted by Crippen LogP contribution is 2.62. The molecule has 2 unspecified atom stereocenters. The van der Waals surface area contributed by atoms with E-state index in [9.17, 15) is 28.7 Å². The zero-order valence-corrected chi connectivity index (χ0v) is 14.2. The number of thiol groups is 1. The van der Waals surface area contributed by atoms with Gasteiger partial charge in [-0.15, -0.1) is 0 Å². The molecule has 0 saturated carbocycles. The molecule has 2 atom stereocenters. The minimum atomic E-state index is -4.83. The van der Waals surface area contributed by atoms with E-state index in [1.54, 1.807) is 0 Å². The summed E-state index contributed by atoms with van der Waals surface area (Å²) in [5, 5.41) is -1.89. The highest BCUT2D eigenvalue weighted by atomic mass is 32.1. The van der Waals surface area contributed by atoms with Crippen molar-refractivity contribution in [2.45, 2.75) is 37.1 Å². The van der Waals surface area contributed by atoms with Crippen molar-refractivity contribution in [2.24, 2.45) is 0 Å². The van der Waals surface area contributed by atoms with E-state index in [1.807, 2.05) is 7.05 Å². The average molecular weight is 348 g/mol. The quantitative estimate of drug-likeness (QED) is 0.278. The summed E-state index contributed by atoms with van der Waals surface area (Å²) >= 11 is 4.21. The third-order valence-electron chi connectivity index (χ3n) is 4.21. The van der Waals surface area contributed by atoms with E-state index in [4.69, 9.17) is 0 Å². The standard InChI is InChI=1S/C10H23NO6P2S/c1-11(6-7-20)5-3-2-4-9(11)8-10(18(12,13)14)19(15,16)17/h9-10H,2-8H2,1H3,(H4-,12,13,14,15,16,17,20)/p+1. The Morgan fingerprint density at radius 2 is 1.75 bits per heavy atom. The second-order valence-electron chi connectivity index (χ2n) is 5.69. The molecule has 0 aromatic carbocycles. The SMILES string of the molecule is C[N+]1(CCS)CCCCC1CC(P(=O)(O)O)P(=O)(O)O. The van der Waals surface area contributed by atoms with E-state index >= 15 is 0 Å². The molecule has 1 aliphatic heterocycles. The van der Waals surface area contributed by atoms with Gasteiger partial charge in [-0.05, 0) is 19.3 Å². The molecule has 1 saturated heterocycles. The van der Waals surface area contributed by atoms with Gasteiger partial charge in [-0.25, -0.2) is 0 Å². The van der Waals surface area contributed by atoms with Crippen LogP contribution in [-0.4, -0.2) is 61.4 Å². The molecule has 20 heavy (non-hydrogen) atoms. The second kappa shape index (κ2) is 6.80. The molecule has 1 rings (SSSR count). The predicted molar refractivity (Wildman–Crippen MR) is 79.9 cm³/mol. The van der Waals surface area contributed by atoms with E-state index < -0.39 is 20.6 Å². The Bertz CT molecular complexity index is 398.